The van der Waals surface area contributed by atoms with Gasteiger partial charge in [0.25, 0.3) is 11.5 Å². The van der Waals surface area contributed by atoms with Gasteiger partial charge < -0.3 is 10.3 Å². The minimum atomic E-state index is -0.344. The Morgan fingerprint density at radius 2 is 1.81 bits per heavy atom. The van der Waals surface area contributed by atoms with Crippen molar-refractivity contribution in [3.63, 3.8) is 0 Å². The van der Waals surface area contributed by atoms with Crippen LogP contribution in [0.5, 0.6) is 0 Å². The Kier molecular flexibility index (Phi) is 4.79. The summed E-state index contributed by atoms with van der Waals surface area (Å²) in [7, 11) is 0. The first-order valence-electron chi connectivity index (χ1n) is 8.32. The average Bonchev–Trinajstić information content (AvgIpc) is 3.21. The zero-order valence-corrected chi connectivity index (χ0v) is 15.7. The van der Waals surface area contributed by atoms with Gasteiger partial charge >= 0.3 is 0 Å². The zero-order valence-electron chi connectivity index (χ0n) is 14.1. The van der Waals surface area contributed by atoms with E-state index in [0.29, 0.717) is 10.4 Å². The first-order valence-corrected chi connectivity index (χ1v) is 9.64. The highest BCUT2D eigenvalue weighted by molar-refractivity contribution is 7.08. The number of thiophene rings is 1. The van der Waals surface area contributed by atoms with E-state index in [9.17, 15) is 9.59 Å². The molecule has 0 saturated carbocycles. The van der Waals surface area contributed by atoms with E-state index in [1.807, 2.05) is 41.1 Å². The van der Waals surface area contributed by atoms with E-state index in [2.05, 4.69) is 10.3 Å². The summed E-state index contributed by atoms with van der Waals surface area (Å²) >= 11 is 7.55. The monoisotopic (exact) mass is 394 g/mol. The third kappa shape index (κ3) is 3.65. The van der Waals surface area contributed by atoms with Gasteiger partial charge in [-0.2, -0.15) is 11.3 Å². The fraction of sp³-hybridized carbons (Fsp3) is 0.0476. The molecule has 4 aromatic rings. The number of H-pyrrole nitrogens is 1. The fourth-order valence-corrected chi connectivity index (χ4v) is 3.81. The number of rotatable bonds is 4. The van der Waals surface area contributed by atoms with E-state index >= 15 is 0 Å². The molecule has 0 aliphatic carbocycles. The van der Waals surface area contributed by atoms with Crippen molar-refractivity contribution in [2.45, 2.75) is 6.04 Å². The average molecular weight is 395 g/mol. The molecule has 2 heterocycles. The molecule has 0 fully saturated rings. The molecule has 27 heavy (non-hydrogen) atoms. The van der Waals surface area contributed by atoms with Gasteiger partial charge in [-0.1, -0.05) is 41.9 Å². The van der Waals surface area contributed by atoms with Crippen LogP contribution >= 0.6 is 22.9 Å². The van der Waals surface area contributed by atoms with Gasteiger partial charge in [0.2, 0.25) is 0 Å². The maximum Gasteiger partial charge on any atom is 0.268 e. The lowest BCUT2D eigenvalue weighted by atomic mass is 10.0. The van der Waals surface area contributed by atoms with Gasteiger partial charge in [0.05, 0.1) is 6.04 Å². The molecule has 0 bridgehead atoms. The van der Waals surface area contributed by atoms with Gasteiger partial charge in [0.15, 0.2) is 0 Å². The molecule has 4 rings (SSSR count). The van der Waals surface area contributed by atoms with Crippen LogP contribution in [0.4, 0.5) is 0 Å². The molecule has 2 N–H and O–H groups in total. The Morgan fingerprint density at radius 1 is 1.04 bits per heavy atom. The number of carbonyl (C=O) groups is 1. The van der Waals surface area contributed by atoms with Crippen LogP contribution in [-0.4, -0.2) is 10.9 Å². The SMILES string of the molecule is O=C(NC(c1ccc(Cl)cc1)c1ccsc1)c1cc2ccccc2c(=O)[nH]1. The van der Waals surface area contributed by atoms with Crippen LogP contribution in [0.25, 0.3) is 10.8 Å². The normalized spacial score (nSPS) is 12.0. The van der Waals surface area contributed by atoms with Crippen molar-refractivity contribution in [1.29, 1.82) is 0 Å². The molecule has 0 saturated heterocycles. The van der Waals surface area contributed by atoms with Gasteiger partial charge in [0.1, 0.15) is 5.69 Å². The molecule has 0 aliphatic rings. The lowest BCUT2D eigenvalue weighted by Crippen LogP contribution is -2.31. The Balaban J connectivity index is 1.70. The Morgan fingerprint density at radius 3 is 2.56 bits per heavy atom. The number of pyridine rings is 1. The maximum absolute atomic E-state index is 12.9. The molecule has 1 atom stereocenters. The van der Waals surface area contributed by atoms with E-state index in [1.165, 1.54) is 0 Å². The van der Waals surface area contributed by atoms with Crippen molar-refractivity contribution in [3.05, 3.63) is 104 Å². The van der Waals surface area contributed by atoms with E-state index in [-0.39, 0.29) is 23.2 Å². The molecule has 4 nitrogen and oxygen atoms in total. The summed E-state index contributed by atoms with van der Waals surface area (Å²) in [6, 6.07) is 17.9. The van der Waals surface area contributed by atoms with Gasteiger partial charge in [-0.15, -0.1) is 0 Å². The topological polar surface area (TPSA) is 62.0 Å². The maximum atomic E-state index is 12.9. The second-order valence-corrected chi connectivity index (χ2v) is 7.33. The minimum Gasteiger partial charge on any atom is -0.340 e. The van der Waals surface area contributed by atoms with Gasteiger partial charge in [0, 0.05) is 10.4 Å². The largest absolute Gasteiger partial charge is 0.340 e. The molecule has 1 unspecified atom stereocenters. The van der Waals surface area contributed by atoms with Crippen molar-refractivity contribution >= 4 is 39.6 Å². The third-order valence-electron chi connectivity index (χ3n) is 4.35. The highest BCUT2D eigenvalue weighted by Crippen LogP contribution is 2.26. The van der Waals surface area contributed by atoms with Crippen molar-refractivity contribution in [3.8, 4) is 0 Å². The molecule has 1 amide bonds. The number of amides is 1. The summed E-state index contributed by atoms with van der Waals surface area (Å²) in [6.07, 6.45) is 0. The summed E-state index contributed by atoms with van der Waals surface area (Å²) in [5.74, 6) is -0.344. The molecule has 2 aromatic carbocycles. The highest BCUT2D eigenvalue weighted by atomic mass is 35.5. The lowest BCUT2D eigenvalue weighted by molar-refractivity contribution is 0.0938. The zero-order chi connectivity index (χ0) is 18.8. The number of hydrogen-bond donors (Lipinski definition) is 2. The lowest BCUT2D eigenvalue weighted by Gasteiger charge is -2.19. The molecule has 2 aromatic heterocycles. The highest BCUT2D eigenvalue weighted by Gasteiger charge is 2.19. The Labute approximate surface area is 164 Å². The molecule has 6 heteroatoms. The van der Waals surface area contributed by atoms with Crippen LogP contribution in [0.15, 0.2) is 76.2 Å². The summed E-state index contributed by atoms with van der Waals surface area (Å²) < 4.78 is 0. The molecule has 0 aliphatic heterocycles. The van der Waals surface area contributed by atoms with Crippen LogP contribution in [0.1, 0.15) is 27.7 Å². The first-order chi connectivity index (χ1) is 13.1. The van der Waals surface area contributed by atoms with Crippen LogP contribution in [-0.2, 0) is 0 Å². The van der Waals surface area contributed by atoms with Gasteiger partial charge in [-0.3, -0.25) is 9.59 Å². The van der Waals surface area contributed by atoms with Gasteiger partial charge in [-0.05, 0) is 57.6 Å². The van der Waals surface area contributed by atoms with Crippen LogP contribution in [0, 0.1) is 0 Å². The van der Waals surface area contributed by atoms with Crippen molar-refractivity contribution < 1.29 is 4.79 Å². The minimum absolute atomic E-state index is 0.230. The number of aromatic nitrogens is 1. The number of halogens is 1. The second-order valence-electron chi connectivity index (χ2n) is 6.11. The summed E-state index contributed by atoms with van der Waals surface area (Å²) in [5, 5.41) is 8.88. The number of hydrogen-bond acceptors (Lipinski definition) is 3. The van der Waals surface area contributed by atoms with Crippen molar-refractivity contribution in [1.82, 2.24) is 10.3 Å². The number of carbonyl (C=O) groups excluding carboxylic acids is 1. The summed E-state index contributed by atoms with van der Waals surface area (Å²) in [6.45, 7) is 0. The second kappa shape index (κ2) is 7.39. The standard InChI is InChI=1S/C21H15ClN2O2S/c22-16-7-5-13(6-8-16)19(15-9-10-27-12-15)24-21(26)18-11-14-3-1-2-4-17(14)20(25)23-18/h1-12,19H,(H,23,25)(H,24,26). The number of benzene rings is 2. The molecular formula is C21H15ClN2O2S. The quantitative estimate of drug-likeness (QED) is 0.524. The summed E-state index contributed by atoms with van der Waals surface area (Å²) in [4.78, 5) is 27.8. The predicted molar refractivity (Wildman–Crippen MR) is 110 cm³/mol. The molecule has 134 valence electrons. The van der Waals surface area contributed by atoms with Crippen molar-refractivity contribution in [2.75, 3.05) is 0 Å². The Hall–Kier alpha value is -2.89. The van der Waals surface area contributed by atoms with E-state index in [0.717, 1.165) is 16.5 Å². The van der Waals surface area contributed by atoms with E-state index < -0.39 is 0 Å². The molecule has 0 spiro atoms. The molecular weight excluding hydrogens is 380 g/mol. The van der Waals surface area contributed by atoms with Gasteiger partial charge in [-0.25, -0.2) is 0 Å². The number of aromatic amines is 1. The Bertz CT molecular complexity index is 1150. The van der Waals surface area contributed by atoms with Crippen LogP contribution < -0.4 is 10.9 Å². The molecule has 0 radical (unpaired) electrons. The first kappa shape index (κ1) is 17.5. The smallest absolute Gasteiger partial charge is 0.268 e. The third-order valence-corrected chi connectivity index (χ3v) is 5.31. The van der Waals surface area contributed by atoms with Crippen LogP contribution in [0.2, 0.25) is 5.02 Å². The number of fused-ring (bicyclic) bond motifs is 1. The van der Waals surface area contributed by atoms with E-state index in [1.54, 1.807) is 41.7 Å². The fourth-order valence-electron chi connectivity index (χ4n) is 3.00. The number of nitrogens with one attached hydrogen (secondary N) is 2. The summed E-state index contributed by atoms with van der Waals surface area (Å²) in [5.41, 5.74) is 1.83. The van der Waals surface area contributed by atoms with Crippen molar-refractivity contribution in [2.24, 2.45) is 0 Å². The van der Waals surface area contributed by atoms with E-state index in [4.69, 9.17) is 11.6 Å². The predicted octanol–water partition coefficient (Wildman–Crippen LogP) is 4.76. The van der Waals surface area contributed by atoms with Crippen LogP contribution in [0.3, 0.4) is 0 Å².